The number of benzene rings is 2. The lowest BCUT2D eigenvalue weighted by atomic mass is 9.75. The minimum absolute atomic E-state index is 0.0263. The van der Waals surface area contributed by atoms with Crippen molar-refractivity contribution >= 4 is 34.7 Å². The predicted molar refractivity (Wildman–Crippen MR) is 133 cm³/mol. The molecule has 0 unspecified atom stereocenters. The van der Waals surface area contributed by atoms with Gasteiger partial charge in [0.1, 0.15) is 11.4 Å². The molecular formula is C27H25N5O4. The fourth-order valence-corrected chi connectivity index (χ4v) is 5.33. The van der Waals surface area contributed by atoms with Crippen LogP contribution in [-0.4, -0.2) is 40.7 Å². The number of anilines is 2. The summed E-state index contributed by atoms with van der Waals surface area (Å²) in [6.45, 7) is 1.08. The fourth-order valence-electron chi connectivity index (χ4n) is 5.33. The maximum atomic E-state index is 13.5. The highest BCUT2D eigenvalue weighted by Crippen LogP contribution is 2.45. The Morgan fingerprint density at radius 3 is 2.67 bits per heavy atom. The average Bonchev–Trinajstić information content (AvgIpc) is 3.40. The first-order chi connectivity index (χ1) is 17.5. The molecule has 9 nitrogen and oxygen atoms in total. The smallest absolute Gasteiger partial charge is 0.274 e. The van der Waals surface area contributed by atoms with Crippen molar-refractivity contribution in [2.24, 2.45) is 7.05 Å². The van der Waals surface area contributed by atoms with Crippen molar-refractivity contribution in [3.63, 3.8) is 0 Å². The van der Waals surface area contributed by atoms with Gasteiger partial charge in [0, 0.05) is 44.3 Å². The van der Waals surface area contributed by atoms with Crippen molar-refractivity contribution in [1.82, 2.24) is 15.1 Å². The summed E-state index contributed by atoms with van der Waals surface area (Å²) in [4.78, 5) is 39.3. The first-order valence-electron chi connectivity index (χ1n) is 11.9. The highest BCUT2D eigenvalue weighted by Gasteiger charge is 2.47. The molecule has 3 aromatic rings. The van der Waals surface area contributed by atoms with Crippen LogP contribution >= 0.6 is 0 Å². The van der Waals surface area contributed by atoms with E-state index in [9.17, 15) is 14.4 Å². The van der Waals surface area contributed by atoms with Crippen LogP contribution in [0.1, 0.15) is 40.0 Å². The van der Waals surface area contributed by atoms with Gasteiger partial charge in [0.05, 0.1) is 5.41 Å². The number of hydrogen-bond acceptors (Lipinski definition) is 5. The van der Waals surface area contributed by atoms with Gasteiger partial charge in [0.25, 0.3) is 11.8 Å². The summed E-state index contributed by atoms with van der Waals surface area (Å²) in [5.41, 5.74) is 4.96. The maximum absolute atomic E-state index is 13.5. The van der Waals surface area contributed by atoms with Gasteiger partial charge in [0.15, 0.2) is 0 Å². The Morgan fingerprint density at radius 2 is 1.92 bits per heavy atom. The average molecular weight is 484 g/mol. The van der Waals surface area contributed by atoms with Crippen LogP contribution in [0.3, 0.4) is 0 Å². The number of nitrogens with one attached hydrogen (secondary N) is 3. The van der Waals surface area contributed by atoms with E-state index < -0.39 is 17.2 Å². The maximum Gasteiger partial charge on any atom is 0.274 e. The molecule has 1 spiro atoms. The van der Waals surface area contributed by atoms with Crippen LogP contribution in [-0.2, 0) is 33.2 Å². The molecule has 182 valence electrons. The first kappa shape index (κ1) is 22.2. The Kier molecular flexibility index (Phi) is 5.22. The van der Waals surface area contributed by atoms with Gasteiger partial charge in [0.2, 0.25) is 5.91 Å². The summed E-state index contributed by atoms with van der Waals surface area (Å²) in [6.07, 6.45) is 3.38. The van der Waals surface area contributed by atoms with Crippen molar-refractivity contribution in [3.8, 4) is 0 Å². The van der Waals surface area contributed by atoms with E-state index in [4.69, 9.17) is 4.74 Å². The van der Waals surface area contributed by atoms with Crippen molar-refractivity contribution in [2.75, 3.05) is 23.8 Å². The van der Waals surface area contributed by atoms with Gasteiger partial charge < -0.3 is 20.7 Å². The number of carbonyl (C=O) groups is 3. The van der Waals surface area contributed by atoms with Crippen molar-refractivity contribution in [2.45, 2.75) is 24.7 Å². The first-order valence-corrected chi connectivity index (χ1v) is 11.9. The van der Waals surface area contributed by atoms with Gasteiger partial charge in [-0.25, -0.2) is 0 Å². The molecular weight excluding hydrogens is 458 g/mol. The number of aryl methyl sites for hydroxylation is 1. The molecule has 0 saturated carbocycles. The molecule has 0 bridgehead atoms. The number of aromatic nitrogens is 2. The monoisotopic (exact) mass is 483 g/mol. The van der Waals surface area contributed by atoms with Crippen LogP contribution < -0.4 is 16.0 Å². The molecule has 1 saturated heterocycles. The van der Waals surface area contributed by atoms with Crippen LogP contribution in [0.2, 0.25) is 0 Å². The van der Waals surface area contributed by atoms with E-state index in [1.807, 2.05) is 30.3 Å². The SMILES string of the molecule is Cn1nccc1C(=O)NC(C(=O)Nc1ccc2c(c1)NC(=O)C21CCOCC1)=C1Cc2ccccc21. The minimum Gasteiger partial charge on any atom is -0.381 e. The molecule has 1 aromatic heterocycles. The second-order valence-electron chi connectivity index (χ2n) is 9.34. The third-order valence-corrected chi connectivity index (χ3v) is 7.35. The Morgan fingerprint density at radius 1 is 1.11 bits per heavy atom. The highest BCUT2D eigenvalue weighted by molar-refractivity contribution is 6.14. The van der Waals surface area contributed by atoms with E-state index in [2.05, 4.69) is 21.0 Å². The third kappa shape index (κ3) is 3.51. The van der Waals surface area contributed by atoms with Gasteiger partial charge in [-0.1, -0.05) is 30.3 Å². The van der Waals surface area contributed by atoms with E-state index >= 15 is 0 Å². The lowest BCUT2D eigenvalue weighted by molar-refractivity contribution is -0.124. The van der Waals surface area contributed by atoms with E-state index in [0.717, 1.165) is 22.3 Å². The number of fused-ring (bicyclic) bond motifs is 3. The summed E-state index contributed by atoms with van der Waals surface area (Å²) in [5, 5.41) is 12.7. The number of hydrogen-bond donors (Lipinski definition) is 3. The van der Waals surface area contributed by atoms with Gasteiger partial charge in [-0.15, -0.1) is 0 Å². The Balaban J connectivity index is 1.30. The molecule has 9 heteroatoms. The zero-order valence-electron chi connectivity index (χ0n) is 19.8. The summed E-state index contributed by atoms with van der Waals surface area (Å²) in [7, 11) is 1.67. The molecule has 36 heavy (non-hydrogen) atoms. The molecule has 1 fully saturated rings. The lowest BCUT2D eigenvalue weighted by Crippen LogP contribution is -2.39. The molecule has 3 heterocycles. The largest absolute Gasteiger partial charge is 0.381 e. The standard InChI is InChI=1S/C27H25N5O4/c1-32-22(8-11-28-32)24(33)31-23(19-14-16-4-2-3-5-18(16)19)25(34)29-17-6-7-20-21(15-17)30-26(35)27(20)9-12-36-13-10-27/h2-8,11,15H,9-10,12-14H2,1H3,(H,29,34)(H,30,35)(H,31,33). The minimum atomic E-state index is -0.573. The normalized spacial score (nSPS) is 18.5. The third-order valence-electron chi connectivity index (χ3n) is 7.35. The zero-order valence-corrected chi connectivity index (χ0v) is 19.8. The van der Waals surface area contributed by atoms with E-state index in [1.54, 1.807) is 25.2 Å². The van der Waals surface area contributed by atoms with E-state index in [0.29, 0.717) is 49.5 Å². The number of rotatable bonds is 4. The number of nitrogens with zero attached hydrogens (tertiary/aromatic N) is 2. The van der Waals surface area contributed by atoms with E-state index in [-0.39, 0.29) is 11.6 Å². The van der Waals surface area contributed by atoms with Gasteiger partial charge in [-0.3, -0.25) is 19.1 Å². The quantitative estimate of drug-likeness (QED) is 0.494. The molecule has 0 radical (unpaired) electrons. The molecule has 3 N–H and O–H groups in total. The van der Waals surface area contributed by atoms with Crippen LogP contribution in [0.15, 0.2) is 60.4 Å². The molecule has 6 rings (SSSR count). The zero-order chi connectivity index (χ0) is 24.9. The van der Waals surface area contributed by atoms with Gasteiger partial charge >= 0.3 is 0 Å². The fraction of sp³-hybridized carbons (Fsp3) is 0.259. The summed E-state index contributed by atoms with van der Waals surface area (Å²) >= 11 is 0. The molecule has 0 atom stereocenters. The Hall–Kier alpha value is -4.24. The predicted octanol–water partition coefficient (Wildman–Crippen LogP) is 2.76. The summed E-state index contributed by atoms with van der Waals surface area (Å²) in [6, 6.07) is 14.9. The summed E-state index contributed by atoms with van der Waals surface area (Å²) in [5.74, 6) is -0.874. The lowest BCUT2D eigenvalue weighted by Gasteiger charge is -2.31. The van der Waals surface area contributed by atoms with Gasteiger partial charge in [-0.05, 0) is 53.3 Å². The molecule has 1 aliphatic carbocycles. The molecule has 2 aromatic carbocycles. The van der Waals surface area contributed by atoms with Crippen LogP contribution in [0.5, 0.6) is 0 Å². The van der Waals surface area contributed by atoms with Crippen molar-refractivity contribution < 1.29 is 19.1 Å². The Bertz CT molecular complexity index is 1450. The summed E-state index contributed by atoms with van der Waals surface area (Å²) < 4.78 is 6.93. The molecule has 3 aliphatic rings. The van der Waals surface area contributed by atoms with Crippen molar-refractivity contribution in [1.29, 1.82) is 0 Å². The molecule has 2 aliphatic heterocycles. The number of amides is 3. The second kappa shape index (κ2) is 8.46. The molecule has 3 amide bonds. The van der Waals surface area contributed by atoms with Crippen molar-refractivity contribution in [3.05, 3.63) is 82.8 Å². The van der Waals surface area contributed by atoms with Crippen LogP contribution in [0.25, 0.3) is 5.57 Å². The number of allylic oxidation sites excluding steroid dienone is 1. The number of carbonyl (C=O) groups excluding carboxylic acids is 3. The Labute approximate surface area is 207 Å². The number of ether oxygens (including phenoxy) is 1. The second-order valence-corrected chi connectivity index (χ2v) is 9.34. The highest BCUT2D eigenvalue weighted by atomic mass is 16.5. The topological polar surface area (TPSA) is 114 Å². The van der Waals surface area contributed by atoms with E-state index in [1.165, 1.54) is 10.9 Å². The van der Waals surface area contributed by atoms with Crippen LogP contribution in [0.4, 0.5) is 11.4 Å². The van der Waals surface area contributed by atoms with Crippen LogP contribution in [0, 0.1) is 0 Å². The van der Waals surface area contributed by atoms with Gasteiger partial charge in [-0.2, -0.15) is 5.10 Å².